The van der Waals surface area contributed by atoms with Crippen LogP contribution in [0.1, 0.15) is 0 Å². The summed E-state index contributed by atoms with van der Waals surface area (Å²) >= 11 is 0. The lowest BCUT2D eigenvalue weighted by atomic mass is 10.6. The van der Waals surface area contributed by atoms with Gasteiger partial charge in [0.2, 0.25) is 0 Å². The van der Waals surface area contributed by atoms with E-state index in [1.54, 1.807) is 0 Å². The van der Waals surface area contributed by atoms with E-state index in [0.717, 1.165) is 14.2 Å². The third-order valence-electron chi connectivity index (χ3n) is 1.09. The third-order valence-corrected chi connectivity index (χ3v) is 1.09. The van der Waals surface area contributed by atoms with Crippen molar-refractivity contribution in [1.29, 1.82) is 0 Å². The minimum atomic E-state index is -2.15. The highest BCUT2D eigenvalue weighted by atomic mass is 17.3. The summed E-state index contributed by atoms with van der Waals surface area (Å²) in [6, 6.07) is 0. The van der Waals surface area contributed by atoms with Gasteiger partial charge in [-0.25, -0.2) is 14.6 Å². The van der Waals surface area contributed by atoms with Crippen LogP contribution >= 0.6 is 0 Å². The first kappa shape index (κ1) is 12.3. The second kappa shape index (κ2) is 5.84. The molecule has 78 valence electrons. The van der Waals surface area contributed by atoms with Crippen molar-refractivity contribution in [2.45, 2.75) is 5.97 Å². The Labute approximate surface area is 75.3 Å². The van der Waals surface area contributed by atoms with Crippen LogP contribution in [-0.2, 0) is 33.8 Å². The van der Waals surface area contributed by atoms with Gasteiger partial charge in [0.1, 0.15) is 0 Å². The Hall–Kier alpha value is -0.730. The maximum Gasteiger partial charge on any atom is 0.439 e. The second-order valence-electron chi connectivity index (χ2n) is 1.75. The summed E-state index contributed by atoms with van der Waals surface area (Å²) in [7, 11) is 4.65. The van der Waals surface area contributed by atoms with E-state index in [0.29, 0.717) is 0 Å². The van der Waals surface area contributed by atoms with Crippen LogP contribution in [0.25, 0.3) is 0 Å². The zero-order valence-corrected chi connectivity index (χ0v) is 7.86. The molecule has 13 heavy (non-hydrogen) atoms. The second-order valence-corrected chi connectivity index (χ2v) is 1.75. The molecule has 0 fully saturated rings. The van der Waals surface area contributed by atoms with Crippen LogP contribution in [-0.4, -0.2) is 40.4 Å². The molecule has 7 nitrogen and oxygen atoms in total. The van der Waals surface area contributed by atoms with E-state index < -0.39 is 11.9 Å². The van der Waals surface area contributed by atoms with E-state index in [1.807, 2.05) is 0 Å². The standard InChI is InChI=1S/C6H12O7/c1-8-5(7)6(9-2,12-10-3)13-11-4/h1-4H3. The molecule has 0 radical (unpaired) electrons. The van der Waals surface area contributed by atoms with E-state index in [2.05, 4.69) is 29.0 Å². The van der Waals surface area contributed by atoms with Crippen molar-refractivity contribution in [2.24, 2.45) is 0 Å². The van der Waals surface area contributed by atoms with Gasteiger partial charge in [0.05, 0.1) is 21.3 Å². The first-order chi connectivity index (χ1) is 6.16. The molecule has 0 atom stereocenters. The summed E-state index contributed by atoms with van der Waals surface area (Å²) in [5.74, 6) is -3.10. The summed E-state index contributed by atoms with van der Waals surface area (Å²) in [6.07, 6.45) is 0. The van der Waals surface area contributed by atoms with Crippen molar-refractivity contribution in [3.8, 4) is 0 Å². The zero-order chi connectivity index (χ0) is 10.3. The van der Waals surface area contributed by atoms with Gasteiger partial charge in [0.15, 0.2) is 0 Å². The highest BCUT2D eigenvalue weighted by Gasteiger charge is 2.46. The molecule has 0 heterocycles. The Balaban J connectivity index is 4.52. The van der Waals surface area contributed by atoms with Gasteiger partial charge in [0.25, 0.3) is 0 Å². The first-order valence-corrected chi connectivity index (χ1v) is 3.24. The first-order valence-electron chi connectivity index (χ1n) is 3.24. The number of methoxy groups -OCH3 is 2. The van der Waals surface area contributed by atoms with Crippen LogP contribution in [0.15, 0.2) is 0 Å². The van der Waals surface area contributed by atoms with E-state index in [9.17, 15) is 4.79 Å². The van der Waals surface area contributed by atoms with Crippen LogP contribution in [0.2, 0.25) is 0 Å². The zero-order valence-electron chi connectivity index (χ0n) is 7.86. The van der Waals surface area contributed by atoms with Crippen molar-refractivity contribution in [1.82, 2.24) is 0 Å². The Morgan fingerprint density at radius 2 is 1.46 bits per heavy atom. The number of ether oxygens (including phenoxy) is 2. The average molecular weight is 196 g/mol. The summed E-state index contributed by atoms with van der Waals surface area (Å²) in [5, 5.41) is 0. The van der Waals surface area contributed by atoms with Crippen molar-refractivity contribution in [3.63, 3.8) is 0 Å². The molecule has 0 saturated carbocycles. The molecule has 7 heteroatoms. The summed E-state index contributed by atoms with van der Waals surface area (Å²) in [4.78, 5) is 28.4. The van der Waals surface area contributed by atoms with Crippen LogP contribution in [0.4, 0.5) is 0 Å². The Kier molecular flexibility index (Phi) is 5.51. The van der Waals surface area contributed by atoms with Gasteiger partial charge in [0, 0.05) is 7.11 Å². The molecule has 0 spiro atoms. The van der Waals surface area contributed by atoms with E-state index >= 15 is 0 Å². The monoisotopic (exact) mass is 196 g/mol. The van der Waals surface area contributed by atoms with E-state index in [-0.39, 0.29) is 0 Å². The summed E-state index contributed by atoms with van der Waals surface area (Å²) < 4.78 is 8.94. The maximum atomic E-state index is 11.1. The fourth-order valence-electron chi connectivity index (χ4n) is 0.578. The van der Waals surface area contributed by atoms with Gasteiger partial charge >= 0.3 is 11.9 Å². The van der Waals surface area contributed by atoms with Gasteiger partial charge in [-0.05, 0) is 0 Å². The van der Waals surface area contributed by atoms with Crippen molar-refractivity contribution >= 4 is 5.97 Å². The number of hydrogen-bond donors (Lipinski definition) is 0. The molecule has 0 aliphatic heterocycles. The lowest BCUT2D eigenvalue weighted by Gasteiger charge is -2.23. The molecule has 0 unspecified atom stereocenters. The molecular weight excluding hydrogens is 184 g/mol. The third kappa shape index (κ3) is 2.90. The molecule has 0 aliphatic carbocycles. The molecular formula is C6H12O7. The molecule has 0 aliphatic rings. The highest BCUT2D eigenvalue weighted by molar-refractivity contribution is 5.75. The molecule has 0 aromatic rings. The smallest absolute Gasteiger partial charge is 0.439 e. The SMILES string of the molecule is COOC(OC)(OOC)C(=O)OC. The van der Waals surface area contributed by atoms with Gasteiger partial charge in [-0.1, -0.05) is 0 Å². The van der Waals surface area contributed by atoms with Gasteiger partial charge < -0.3 is 9.47 Å². The summed E-state index contributed by atoms with van der Waals surface area (Å²) in [5.41, 5.74) is 0. The molecule has 0 rings (SSSR count). The number of esters is 1. The average Bonchev–Trinajstić information content (AvgIpc) is 2.16. The predicted octanol–water partition coefficient (Wildman–Crippen LogP) is -0.384. The quantitative estimate of drug-likeness (QED) is 0.248. The largest absolute Gasteiger partial charge is 0.463 e. The molecule has 0 aromatic heterocycles. The predicted molar refractivity (Wildman–Crippen MR) is 37.9 cm³/mol. The fourth-order valence-corrected chi connectivity index (χ4v) is 0.578. The molecule has 0 aromatic carbocycles. The summed E-state index contributed by atoms with van der Waals surface area (Å²) in [6.45, 7) is 0. The van der Waals surface area contributed by atoms with Crippen LogP contribution in [0, 0.1) is 0 Å². The Bertz CT molecular complexity index is 151. The minimum absolute atomic E-state index is 0.946. The van der Waals surface area contributed by atoms with Crippen molar-refractivity contribution in [2.75, 3.05) is 28.4 Å². The normalized spacial score (nSPS) is 11.4. The minimum Gasteiger partial charge on any atom is -0.463 e. The molecule has 0 saturated heterocycles. The van der Waals surface area contributed by atoms with Gasteiger partial charge in [-0.15, -0.1) is 0 Å². The van der Waals surface area contributed by atoms with Crippen LogP contribution in [0.3, 0.4) is 0 Å². The van der Waals surface area contributed by atoms with Crippen LogP contribution < -0.4 is 0 Å². The molecule has 0 amide bonds. The molecule has 0 N–H and O–H groups in total. The Morgan fingerprint density at radius 1 is 1.00 bits per heavy atom. The number of carbonyl (C=O) groups excluding carboxylic acids is 1. The lowest BCUT2D eigenvalue weighted by molar-refractivity contribution is -0.547. The van der Waals surface area contributed by atoms with Gasteiger partial charge in [-0.3, -0.25) is 0 Å². The fraction of sp³-hybridized carbons (Fsp3) is 0.833. The van der Waals surface area contributed by atoms with Gasteiger partial charge in [-0.2, -0.15) is 9.78 Å². The van der Waals surface area contributed by atoms with Crippen LogP contribution in [0.5, 0.6) is 0 Å². The van der Waals surface area contributed by atoms with E-state index in [4.69, 9.17) is 0 Å². The van der Waals surface area contributed by atoms with E-state index in [1.165, 1.54) is 14.2 Å². The Morgan fingerprint density at radius 3 is 1.69 bits per heavy atom. The number of carbonyl (C=O) groups is 1. The lowest BCUT2D eigenvalue weighted by Crippen LogP contribution is -2.46. The van der Waals surface area contributed by atoms with Crippen molar-refractivity contribution in [3.05, 3.63) is 0 Å². The number of rotatable bonds is 6. The number of hydrogen-bond acceptors (Lipinski definition) is 7. The molecule has 0 bridgehead atoms. The highest BCUT2D eigenvalue weighted by Crippen LogP contribution is 2.16. The maximum absolute atomic E-state index is 11.1. The van der Waals surface area contributed by atoms with Crippen molar-refractivity contribution < 1.29 is 33.8 Å². The topological polar surface area (TPSA) is 72.5 Å².